The number of hydrogen-bond acceptors (Lipinski definition) is 6. The molecule has 0 bridgehead atoms. The number of hydrogen-bond donors (Lipinski definition) is 3. The van der Waals surface area contributed by atoms with E-state index in [2.05, 4.69) is 4.72 Å². The Morgan fingerprint density at radius 2 is 1.65 bits per heavy atom. The Morgan fingerprint density at radius 1 is 0.968 bits per heavy atom. The smallest absolute Gasteiger partial charge is 0.254 e. The Bertz CT molecular complexity index is 938. The molecule has 8 heteroatoms. The third kappa shape index (κ3) is 5.03. The third-order valence-electron chi connectivity index (χ3n) is 5.69. The van der Waals surface area contributed by atoms with Crippen LogP contribution in [0.2, 0.25) is 0 Å². The molecule has 1 aliphatic carbocycles. The summed E-state index contributed by atoms with van der Waals surface area (Å²) >= 11 is 1.45. The fourth-order valence-corrected chi connectivity index (χ4v) is 4.16. The third-order valence-corrected chi connectivity index (χ3v) is 6.45. The van der Waals surface area contributed by atoms with Gasteiger partial charge in [-0.2, -0.15) is 0 Å². The summed E-state index contributed by atoms with van der Waals surface area (Å²) in [7, 11) is 0. The zero-order valence-electron chi connectivity index (χ0n) is 17.3. The van der Waals surface area contributed by atoms with Crippen LogP contribution >= 0.6 is 11.9 Å². The monoisotopic (exact) mass is 441 g/mol. The van der Waals surface area contributed by atoms with E-state index in [9.17, 15) is 14.7 Å². The predicted molar refractivity (Wildman–Crippen MR) is 122 cm³/mol. The van der Waals surface area contributed by atoms with E-state index in [1.165, 1.54) is 11.9 Å². The van der Waals surface area contributed by atoms with Crippen molar-refractivity contribution in [3.8, 4) is 11.1 Å². The number of carbonyl (C=O) groups is 2. The largest absolute Gasteiger partial charge is 0.395 e. The molecule has 2 amide bonds. The molecule has 1 heterocycles. The van der Waals surface area contributed by atoms with Gasteiger partial charge in [-0.3, -0.25) is 9.59 Å². The number of rotatable bonds is 7. The summed E-state index contributed by atoms with van der Waals surface area (Å²) in [6.07, 6.45) is 1.08. The first-order valence-corrected chi connectivity index (χ1v) is 11.5. The predicted octanol–water partition coefficient (Wildman–Crippen LogP) is 2.22. The first kappa shape index (κ1) is 21.7. The molecule has 31 heavy (non-hydrogen) atoms. The van der Waals surface area contributed by atoms with Gasteiger partial charge in [0.05, 0.1) is 6.61 Å². The molecule has 4 rings (SSSR count). The molecule has 0 unspecified atom stereocenters. The Morgan fingerprint density at radius 3 is 2.29 bits per heavy atom. The fraction of sp³-hybridized carbons (Fsp3) is 0.391. The Kier molecular flexibility index (Phi) is 6.50. The first-order valence-electron chi connectivity index (χ1n) is 10.5. The minimum absolute atomic E-state index is 0.0420. The van der Waals surface area contributed by atoms with Gasteiger partial charge < -0.3 is 24.7 Å². The summed E-state index contributed by atoms with van der Waals surface area (Å²) < 4.78 is 3.21. The molecule has 0 atom stereocenters. The lowest BCUT2D eigenvalue weighted by atomic mass is 10.0. The summed E-state index contributed by atoms with van der Waals surface area (Å²) in [5, 5.41) is 18.9. The van der Waals surface area contributed by atoms with E-state index in [1.54, 1.807) is 9.80 Å². The van der Waals surface area contributed by atoms with Gasteiger partial charge in [-0.1, -0.05) is 36.2 Å². The van der Waals surface area contributed by atoms with E-state index in [-0.39, 0.29) is 18.4 Å². The molecule has 164 valence electrons. The summed E-state index contributed by atoms with van der Waals surface area (Å²) in [4.78, 5) is 28.6. The zero-order valence-corrected chi connectivity index (χ0v) is 18.1. The van der Waals surface area contributed by atoms with Crippen LogP contribution in [-0.2, 0) is 4.79 Å². The number of carbonyl (C=O) groups excluding carboxylic acids is 2. The van der Waals surface area contributed by atoms with Crippen molar-refractivity contribution < 1.29 is 19.8 Å². The molecule has 3 N–H and O–H groups in total. The van der Waals surface area contributed by atoms with Crippen LogP contribution in [0.1, 0.15) is 23.2 Å². The molecule has 7 nitrogen and oxygen atoms in total. The van der Waals surface area contributed by atoms with Crippen molar-refractivity contribution in [2.45, 2.75) is 18.4 Å². The van der Waals surface area contributed by atoms with Crippen LogP contribution in [0.25, 0.3) is 11.1 Å². The van der Waals surface area contributed by atoms with Crippen molar-refractivity contribution in [3.63, 3.8) is 0 Å². The fourth-order valence-electron chi connectivity index (χ4n) is 3.67. The Balaban J connectivity index is 1.35. The molecule has 1 saturated carbocycles. The molecule has 2 aromatic carbocycles. The Hall–Kier alpha value is -2.55. The van der Waals surface area contributed by atoms with E-state index < -0.39 is 5.60 Å². The molecule has 2 fully saturated rings. The molecule has 0 aromatic heterocycles. The summed E-state index contributed by atoms with van der Waals surface area (Å²) in [6.45, 7) is 1.99. The van der Waals surface area contributed by atoms with Crippen LogP contribution in [0.4, 0.5) is 5.69 Å². The highest BCUT2D eigenvalue weighted by molar-refractivity contribution is 8.00. The number of anilines is 1. The summed E-state index contributed by atoms with van der Waals surface area (Å²) in [5.74, 6) is 0.375. The number of nitrogens with one attached hydrogen (secondary N) is 1. The molecule has 1 saturated heterocycles. The topological polar surface area (TPSA) is 93.1 Å². The van der Waals surface area contributed by atoms with Crippen molar-refractivity contribution in [1.82, 2.24) is 9.80 Å². The summed E-state index contributed by atoms with van der Waals surface area (Å²) in [5.41, 5.74) is 2.49. The van der Waals surface area contributed by atoms with Crippen LogP contribution in [0.5, 0.6) is 0 Å². The van der Waals surface area contributed by atoms with E-state index in [4.69, 9.17) is 5.11 Å². The quantitative estimate of drug-likeness (QED) is 0.451. The molecule has 1 aliphatic heterocycles. The molecule has 2 aliphatic rings. The maximum absolute atomic E-state index is 12.9. The number of piperazine rings is 1. The normalized spacial score (nSPS) is 17.4. The van der Waals surface area contributed by atoms with E-state index in [0.29, 0.717) is 50.3 Å². The maximum Gasteiger partial charge on any atom is 0.254 e. The van der Waals surface area contributed by atoms with Crippen LogP contribution in [0.15, 0.2) is 48.5 Å². The highest BCUT2D eigenvalue weighted by Crippen LogP contribution is 2.37. The van der Waals surface area contributed by atoms with E-state index in [0.717, 1.165) is 16.8 Å². The van der Waals surface area contributed by atoms with Gasteiger partial charge in [-0.25, -0.2) is 0 Å². The molecular weight excluding hydrogens is 414 g/mol. The van der Waals surface area contributed by atoms with Gasteiger partial charge in [0, 0.05) is 43.2 Å². The van der Waals surface area contributed by atoms with Gasteiger partial charge in [0.25, 0.3) is 11.8 Å². The first-order chi connectivity index (χ1) is 15.0. The maximum atomic E-state index is 12.9. The molecule has 0 spiro atoms. The van der Waals surface area contributed by atoms with Crippen LogP contribution in [0.3, 0.4) is 0 Å². The minimum atomic E-state index is -1.15. The van der Waals surface area contributed by atoms with Crippen molar-refractivity contribution in [3.05, 3.63) is 54.1 Å². The van der Waals surface area contributed by atoms with Gasteiger partial charge in [-0.05, 0) is 48.2 Å². The zero-order chi connectivity index (χ0) is 21.8. The number of aliphatic hydroxyl groups is 2. The van der Waals surface area contributed by atoms with Gasteiger partial charge >= 0.3 is 0 Å². The SMILES string of the molecule is O=C(c1ccc(-c2cccc(NSCCO)c2)cc1)N1CCN(C(=O)C2(O)CC2)CC1. The van der Waals surface area contributed by atoms with Crippen LogP contribution in [0, 0.1) is 0 Å². The second kappa shape index (κ2) is 9.30. The number of benzene rings is 2. The van der Waals surface area contributed by atoms with Gasteiger partial charge in [0.2, 0.25) is 0 Å². The van der Waals surface area contributed by atoms with Crippen molar-refractivity contribution in [1.29, 1.82) is 0 Å². The van der Waals surface area contributed by atoms with Crippen molar-refractivity contribution in [2.75, 3.05) is 43.3 Å². The standard InChI is InChI=1S/C23H27N3O4S/c27-14-15-31-24-20-3-1-2-19(16-20)17-4-6-18(7-5-17)21(28)25-10-12-26(13-11-25)22(29)23(30)8-9-23/h1-7,16,24,27,30H,8-15H2. The number of amides is 2. The van der Waals surface area contributed by atoms with Gasteiger partial charge in [0.15, 0.2) is 0 Å². The second-order valence-corrected chi connectivity index (χ2v) is 8.85. The number of aliphatic hydroxyl groups excluding tert-OH is 1. The van der Waals surface area contributed by atoms with Gasteiger partial charge in [-0.15, -0.1) is 0 Å². The van der Waals surface area contributed by atoms with Crippen LogP contribution < -0.4 is 4.72 Å². The lowest BCUT2D eigenvalue weighted by Crippen LogP contribution is -2.53. The highest BCUT2D eigenvalue weighted by Gasteiger charge is 2.50. The highest BCUT2D eigenvalue weighted by atomic mass is 32.2. The second-order valence-electron chi connectivity index (χ2n) is 7.95. The van der Waals surface area contributed by atoms with Crippen molar-refractivity contribution >= 4 is 29.4 Å². The van der Waals surface area contributed by atoms with Crippen LogP contribution in [-0.4, -0.2) is 76.0 Å². The Labute approximate surface area is 186 Å². The lowest BCUT2D eigenvalue weighted by Gasteiger charge is -2.35. The summed E-state index contributed by atoms with van der Waals surface area (Å²) in [6, 6.07) is 15.5. The average molecular weight is 442 g/mol. The molecule has 0 radical (unpaired) electrons. The van der Waals surface area contributed by atoms with Gasteiger partial charge in [0.1, 0.15) is 5.60 Å². The molecule has 2 aromatic rings. The number of nitrogens with zero attached hydrogens (tertiary/aromatic N) is 2. The van der Waals surface area contributed by atoms with Crippen molar-refractivity contribution in [2.24, 2.45) is 0 Å². The average Bonchev–Trinajstić information content (AvgIpc) is 3.57. The van der Waals surface area contributed by atoms with E-state index in [1.807, 2.05) is 48.5 Å². The minimum Gasteiger partial charge on any atom is -0.395 e. The lowest BCUT2D eigenvalue weighted by molar-refractivity contribution is -0.143. The molecular formula is C23H27N3O4S. The van der Waals surface area contributed by atoms with E-state index >= 15 is 0 Å².